The zero-order valence-electron chi connectivity index (χ0n) is 16.5. The van der Waals surface area contributed by atoms with Crippen LogP contribution in [0.4, 0.5) is 0 Å². The first-order valence-corrected chi connectivity index (χ1v) is 9.38. The molecule has 0 radical (unpaired) electrons. The third-order valence-corrected chi connectivity index (χ3v) is 4.93. The van der Waals surface area contributed by atoms with Crippen LogP contribution in [0.1, 0.15) is 51.9 Å². The van der Waals surface area contributed by atoms with E-state index in [9.17, 15) is 0 Å². The van der Waals surface area contributed by atoms with E-state index in [1.54, 1.807) is 0 Å². The molecule has 0 N–H and O–H groups in total. The van der Waals surface area contributed by atoms with E-state index in [-0.39, 0.29) is 5.41 Å². The molecule has 2 heterocycles. The van der Waals surface area contributed by atoms with Crippen LogP contribution in [-0.2, 0) is 5.41 Å². The minimum Gasteiger partial charge on any atom is -0.158 e. The predicted molar refractivity (Wildman–Crippen MR) is 111 cm³/mol. The van der Waals surface area contributed by atoms with Gasteiger partial charge in [0.25, 0.3) is 0 Å². The number of hydrogen-bond donors (Lipinski definition) is 0. The summed E-state index contributed by atoms with van der Waals surface area (Å²) in [6.07, 6.45) is 1.84. The Balaban J connectivity index is 2.06. The lowest BCUT2D eigenvalue weighted by atomic mass is 9.87. The van der Waals surface area contributed by atoms with Crippen molar-refractivity contribution in [3.63, 3.8) is 0 Å². The highest BCUT2D eigenvalue weighted by atomic mass is 15.1. The topological polar surface area (TPSA) is 51.6 Å². The van der Waals surface area contributed by atoms with Crippen molar-refractivity contribution in [3.8, 4) is 11.3 Å². The number of rotatable bonds is 2. The molecule has 0 bridgehead atoms. The highest BCUT2D eigenvalue weighted by Gasteiger charge is 2.22. The van der Waals surface area contributed by atoms with E-state index in [0.717, 1.165) is 44.2 Å². The molecule has 0 atom stereocenters. The van der Waals surface area contributed by atoms with Crippen LogP contribution in [0, 0.1) is 0 Å². The Hall–Kier alpha value is -2.88. The van der Waals surface area contributed by atoms with Crippen LogP contribution in [0.5, 0.6) is 0 Å². The highest BCUT2D eigenvalue weighted by molar-refractivity contribution is 6.04. The minimum atomic E-state index is -0.0693. The summed E-state index contributed by atoms with van der Waals surface area (Å²) in [5.74, 6) is 0.308. The van der Waals surface area contributed by atoms with E-state index in [0.29, 0.717) is 5.92 Å². The van der Waals surface area contributed by atoms with Crippen LogP contribution in [-0.4, -0.2) is 20.4 Å². The number of benzene rings is 2. The minimum absolute atomic E-state index is 0.0693. The van der Waals surface area contributed by atoms with Gasteiger partial charge in [0, 0.05) is 32.5 Å². The molecular formula is C23H24N4. The fourth-order valence-electron chi connectivity index (χ4n) is 3.62. The Kier molecular flexibility index (Phi) is 4.14. The first kappa shape index (κ1) is 17.5. The van der Waals surface area contributed by atoms with Gasteiger partial charge in [-0.05, 0) is 5.92 Å². The first-order valence-electron chi connectivity index (χ1n) is 9.38. The van der Waals surface area contributed by atoms with Crippen LogP contribution in [0.25, 0.3) is 32.8 Å². The van der Waals surface area contributed by atoms with Crippen molar-refractivity contribution in [2.24, 2.45) is 0 Å². The summed E-state index contributed by atoms with van der Waals surface area (Å²) in [6, 6.07) is 14.7. The third kappa shape index (κ3) is 2.95. The van der Waals surface area contributed by atoms with Crippen LogP contribution in [0.2, 0.25) is 0 Å². The molecule has 4 nitrogen and oxygen atoms in total. The van der Waals surface area contributed by atoms with Gasteiger partial charge in [-0.25, -0.2) is 0 Å². The van der Waals surface area contributed by atoms with Crippen molar-refractivity contribution >= 4 is 21.5 Å². The van der Waals surface area contributed by atoms with Crippen molar-refractivity contribution in [3.05, 3.63) is 60.0 Å². The van der Waals surface area contributed by atoms with Gasteiger partial charge >= 0.3 is 0 Å². The summed E-state index contributed by atoms with van der Waals surface area (Å²) in [5.41, 5.74) is 3.91. The van der Waals surface area contributed by atoms with Gasteiger partial charge in [0.1, 0.15) is 5.69 Å². The summed E-state index contributed by atoms with van der Waals surface area (Å²) in [5, 5.41) is 22.4. The van der Waals surface area contributed by atoms with Gasteiger partial charge in [0.05, 0.1) is 17.6 Å². The average Bonchev–Trinajstić information content (AvgIpc) is 2.65. The molecule has 2 aromatic carbocycles. The lowest BCUT2D eigenvalue weighted by Crippen LogP contribution is -2.15. The fraction of sp³-hybridized carbons (Fsp3) is 0.304. The second kappa shape index (κ2) is 6.38. The molecule has 0 saturated carbocycles. The van der Waals surface area contributed by atoms with E-state index < -0.39 is 0 Å². The Morgan fingerprint density at radius 3 is 2.15 bits per heavy atom. The molecule has 27 heavy (non-hydrogen) atoms. The number of fused-ring (bicyclic) bond motifs is 2. The van der Waals surface area contributed by atoms with E-state index in [4.69, 9.17) is 0 Å². The van der Waals surface area contributed by atoms with Crippen molar-refractivity contribution < 1.29 is 0 Å². The largest absolute Gasteiger partial charge is 0.158 e. The molecule has 0 aliphatic heterocycles. The second-order valence-electron chi connectivity index (χ2n) is 8.34. The lowest BCUT2D eigenvalue weighted by Gasteiger charge is -2.20. The molecule has 4 aromatic rings. The SMILES string of the molecule is CC(C)c1nncc2c(-c3nnc(C(C)(C)C)c4ccccc34)cccc12. The summed E-state index contributed by atoms with van der Waals surface area (Å²) in [4.78, 5) is 0. The molecule has 0 saturated heterocycles. The molecule has 4 heteroatoms. The molecule has 2 aromatic heterocycles. The number of nitrogens with zero attached hydrogens (tertiary/aromatic N) is 4. The maximum absolute atomic E-state index is 4.67. The fourth-order valence-corrected chi connectivity index (χ4v) is 3.62. The van der Waals surface area contributed by atoms with Crippen LogP contribution in [0.3, 0.4) is 0 Å². The van der Waals surface area contributed by atoms with Crippen LogP contribution in [0.15, 0.2) is 48.7 Å². The van der Waals surface area contributed by atoms with Gasteiger partial charge in [-0.1, -0.05) is 77.1 Å². The lowest BCUT2D eigenvalue weighted by molar-refractivity contribution is 0.566. The Labute approximate surface area is 159 Å². The summed E-state index contributed by atoms with van der Waals surface area (Å²) >= 11 is 0. The standard InChI is InChI=1S/C23H24N4/c1-14(2)20-16-11-8-12-17(19(16)13-24-25-20)21-15-9-6-7-10-18(15)22(27-26-21)23(3,4)5/h6-14H,1-5H3. The van der Waals surface area contributed by atoms with Crippen LogP contribution >= 0.6 is 0 Å². The van der Waals surface area contributed by atoms with Crippen molar-refractivity contribution in [1.29, 1.82) is 0 Å². The highest BCUT2D eigenvalue weighted by Crippen LogP contribution is 2.36. The molecule has 0 spiro atoms. The monoisotopic (exact) mass is 356 g/mol. The first-order chi connectivity index (χ1) is 12.9. The maximum Gasteiger partial charge on any atom is 0.101 e. The molecule has 0 aliphatic rings. The van der Waals surface area contributed by atoms with Crippen molar-refractivity contribution in [1.82, 2.24) is 20.4 Å². The van der Waals surface area contributed by atoms with E-state index in [1.165, 1.54) is 0 Å². The Bertz CT molecular complexity index is 1140. The van der Waals surface area contributed by atoms with Crippen molar-refractivity contribution in [2.75, 3.05) is 0 Å². The van der Waals surface area contributed by atoms with E-state index in [1.807, 2.05) is 6.20 Å². The zero-order valence-corrected chi connectivity index (χ0v) is 16.5. The second-order valence-corrected chi connectivity index (χ2v) is 8.34. The molecule has 0 aliphatic carbocycles. The molecule has 0 unspecified atom stereocenters. The number of hydrogen-bond acceptors (Lipinski definition) is 4. The molecule has 4 rings (SSSR count). The summed E-state index contributed by atoms with van der Waals surface area (Å²) < 4.78 is 0. The van der Waals surface area contributed by atoms with E-state index in [2.05, 4.69) is 97.5 Å². The molecule has 0 fully saturated rings. The average molecular weight is 356 g/mol. The van der Waals surface area contributed by atoms with Crippen LogP contribution < -0.4 is 0 Å². The number of aromatic nitrogens is 4. The molecule has 0 amide bonds. The van der Waals surface area contributed by atoms with E-state index >= 15 is 0 Å². The smallest absolute Gasteiger partial charge is 0.101 e. The van der Waals surface area contributed by atoms with Gasteiger partial charge in [-0.3, -0.25) is 0 Å². The van der Waals surface area contributed by atoms with Gasteiger partial charge in [-0.2, -0.15) is 15.3 Å². The quantitative estimate of drug-likeness (QED) is 0.465. The maximum atomic E-state index is 4.67. The van der Waals surface area contributed by atoms with Gasteiger partial charge in [0.2, 0.25) is 0 Å². The zero-order chi connectivity index (χ0) is 19.2. The van der Waals surface area contributed by atoms with Gasteiger partial charge in [0.15, 0.2) is 0 Å². The Morgan fingerprint density at radius 2 is 1.44 bits per heavy atom. The third-order valence-electron chi connectivity index (χ3n) is 4.93. The Morgan fingerprint density at radius 1 is 0.741 bits per heavy atom. The summed E-state index contributed by atoms with van der Waals surface area (Å²) in [7, 11) is 0. The van der Waals surface area contributed by atoms with Crippen molar-refractivity contribution in [2.45, 2.75) is 46.0 Å². The molecular weight excluding hydrogens is 332 g/mol. The predicted octanol–water partition coefficient (Wildman–Crippen LogP) is 5.66. The normalized spacial score (nSPS) is 12.2. The summed E-state index contributed by atoms with van der Waals surface area (Å²) in [6.45, 7) is 10.8. The molecule has 136 valence electrons. The van der Waals surface area contributed by atoms with Gasteiger partial charge < -0.3 is 0 Å². The van der Waals surface area contributed by atoms with Gasteiger partial charge in [-0.15, -0.1) is 5.10 Å².